The van der Waals surface area contributed by atoms with E-state index in [2.05, 4.69) is 15.3 Å². The van der Waals surface area contributed by atoms with Gasteiger partial charge in [0.05, 0.1) is 18.2 Å². The van der Waals surface area contributed by atoms with Crippen molar-refractivity contribution in [3.63, 3.8) is 0 Å². The molecule has 1 aliphatic rings. The van der Waals surface area contributed by atoms with Gasteiger partial charge < -0.3 is 9.15 Å². The van der Waals surface area contributed by atoms with Crippen molar-refractivity contribution >= 4 is 17.8 Å². The number of rotatable bonds is 5. The second-order valence-electron chi connectivity index (χ2n) is 5.84. The van der Waals surface area contributed by atoms with Gasteiger partial charge in [-0.25, -0.2) is 9.78 Å². The zero-order chi connectivity index (χ0) is 17.8. The Hall–Kier alpha value is -2.70. The number of pyridine rings is 1. The summed E-state index contributed by atoms with van der Waals surface area (Å²) in [4.78, 5) is 33.3. The number of carbonyl (C=O) groups is 2. The van der Waals surface area contributed by atoms with Crippen LogP contribution in [0.15, 0.2) is 22.7 Å². The van der Waals surface area contributed by atoms with Crippen LogP contribution in [0.4, 0.5) is 5.88 Å². The van der Waals surface area contributed by atoms with Crippen LogP contribution >= 0.6 is 0 Å². The van der Waals surface area contributed by atoms with Gasteiger partial charge in [0.1, 0.15) is 0 Å². The predicted octanol–water partition coefficient (Wildman–Crippen LogP) is 2.87. The normalized spacial score (nSPS) is 16.2. The molecule has 2 heterocycles. The summed E-state index contributed by atoms with van der Waals surface area (Å²) in [5.74, 6) is -0.800. The molecular weight excluding hydrogens is 322 g/mol. The largest absolute Gasteiger partial charge is 0.461 e. The molecule has 0 fully saturated rings. The number of anilines is 1. The first-order valence-corrected chi connectivity index (χ1v) is 8.55. The Kier molecular flexibility index (Phi) is 5.11. The average molecular weight is 343 g/mol. The van der Waals surface area contributed by atoms with Crippen LogP contribution in [0, 0.1) is 0 Å². The zero-order valence-corrected chi connectivity index (χ0v) is 14.4. The van der Waals surface area contributed by atoms with Gasteiger partial charge in [-0.15, -0.1) is 0 Å². The minimum absolute atomic E-state index is 0.00380. The van der Waals surface area contributed by atoms with Crippen LogP contribution in [0.5, 0.6) is 0 Å². The molecular formula is C18H21N3O4. The van der Waals surface area contributed by atoms with Crippen LogP contribution in [-0.4, -0.2) is 28.5 Å². The molecule has 0 aliphatic heterocycles. The fraction of sp³-hybridized carbons (Fsp3) is 0.444. The molecule has 0 aromatic carbocycles. The van der Waals surface area contributed by atoms with E-state index in [1.165, 1.54) is 0 Å². The molecule has 132 valence electrons. The van der Waals surface area contributed by atoms with Crippen LogP contribution < -0.4 is 5.32 Å². The molecule has 2 aromatic heterocycles. The van der Waals surface area contributed by atoms with Gasteiger partial charge in [0, 0.05) is 12.6 Å². The number of aromatic nitrogens is 2. The van der Waals surface area contributed by atoms with Crippen LogP contribution in [0.25, 0.3) is 0 Å². The highest BCUT2D eigenvalue weighted by Gasteiger charge is 2.30. The van der Waals surface area contributed by atoms with E-state index in [1.54, 1.807) is 13.1 Å². The van der Waals surface area contributed by atoms with Crippen molar-refractivity contribution in [2.24, 2.45) is 0 Å². The number of esters is 1. The summed E-state index contributed by atoms with van der Waals surface area (Å²) in [6.07, 6.45) is 4.75. The number of fused-ring (bicyclic) bond motifs is 1. The molecule has 0 bridgehead atoms. The van der Waals surface area contributed by atoms with Crippen molar-refractivity contribution in [1.29, 1.82) is 0 Å². The molecule has 1 amide bonds. The average Bonchev–Trinajstić information content (AvgIpc) is 3.04. The summed E-state index contributed by atoms with van der Waals surface area (Å²) in [5, 5.41) is 2.71. The number of carbonyl (C=O) groups excluding carboxylic acids is 2. The lowest BCUT2D eigenvalue weighted by molar-refractivity contribution is -0.118. The van der Waals surface area contributed by atoms with Crippen LogP contribution in [0.1, 0.15) is 60.2 Å². The van der Waals surface area contributed by atoms with Crippen LogP contribution in [0.2, 0.25) is 0 Å². The van der Waals surface area contributed by atoms with E-state index in [9.17, 15) is 9.59 Å². The van der Waals surface area contributed by atoms with E-state index >= 15 is 0 Å². The first kappa shape index (κ1) is 17.1. The van der Waals surface area contributed by atoms with E-state index in [-0.39, 0.29) is 30.0 Å². The fourth-order valence-corrected chi connectivity index (χ4v) is 3.00. The van der Waals surface area contributed by atoms with Crippen molar-refractivity contribution in [2.75, 3.05) is 11.9 Å². The number of aryl methyl sites for hydroxylation is 2. The molecule has 25 heavy (non-hydrogen) atoms. The van der Waals surface area contributed by atoms with E-state index in [0.717, 1.165) is 24.1 Å². The van der Waals surface area contributed by atoms with Gasteiger partial charge >= 0.3 is 5.97 Å². The number of amides is 1. The lowest BCUT2D eigenvalue weighted by Crippen LogP contribution is -2.26. The van der Waals surface area contributed by atoms with Crippen molar-refractivity contribution in [2.45, 2.75) is 45.4 Å². The second kappa shape index (κ2) is 7.46. The Balaban J connectivity index is 1.84. The van der Waals surface area contributed by atoms with Gasteiger partial charge in [0.2, 0.25) is 17.5 Å². The van der Waals surface area contributed by atoms with Crippen molar-refractivity contribution in [3.05, 3.63) is 41.2 Å². The summed E-state index contributed by atoms with van der Waals surface area (Å²) in [7, 11) is 0. The number of nitrogens with one attached hydrogen (secondary N) is 1. The third kappa shape index (κ3) is 3.55. The highest BCUT2D eigenvalue weighted by molar-refractivity contribution is 6.00. The summed E-state index contributed by atoms with van der Waals surface area (Å²) in [6, 6.07) is 3.87. The molecule has 0 saturated heterocycles. The fourth-order valence-electron chi connectivity index (χ4n) is 3.00. The Morgan fingerprint density at radius 2 is 2.24 bits per heavy atom. The smallest absolute Gasteiger partial charge is 0.362 e. The zero-order valence-electron chi connectivity index (χ0n) is 14.4. The number of hydrogen-bond acceptors (Lipinski definition) is 6. The third-order valence-corrected chi connectivity index (χ3v) is 4.19. The molecule has 1 aliphatic carbocycles. The maximum absolute atomic E-state index is 12.8. The maximum Gasteiger partial charge on any atom is 0.362 e. The van der Waals surface area contributed by atoms with E-state index in [1.807, 2.05) is 19.1 Å². The van der Waals surface area contributed by atoms with Gasteiger partial charge in [0.15, 0.2) is 5.89 Å². The molecule has 7 heteroatoms. The molecule has 1 N–H and O–H groups in total. The Bertz CT molecular complexity index is 784. The minimum Gasteiger partial charge on any atom is -0.461 e. The summed E-state index contributed by atoms with van der Waals surface area (Å²) in [6.45, 7) is 3.79. The Morgan fingerprint density at radius 1 is 1.40 bits per heavy atom. The number of ether oxygens (including phenoxy) is 1. The number of hydrogen-bond donors (Lipinski definition) is 1. The second-order valence-corrected chi connectivity index (χ2v) is 5.84. The predicted molar refractivity (Wildman–Crippen MR) is 90.4 cm³/mol. The molecule has 2 aromatic rings. The molecule has 1 atom stereocenters. The molecule has 0 saturated carbocycles. The lowest BCUT2D eigenvalue weighted by Gasteiger charge is -2.22. The number of nitrogens with zero attached hydrogens (tertiary/aromatic N) is 2. The van der Waals surface area contributed by atoms with E-state index < -0.39 is 5.97 Å². The van der Waals surface area contributed by atoms with E-state index in [4.69, 9.17) is 9.15 Å². The van der Waals surface area contributed by atoms with Gasteiger partial charge in [-0.1, -0.05) is 13.0 Å². The van der Waals surface area contributed by atoms with Crippen LogP contribution in [0.3, 0.4) is 0 Å². The lowest BCUT2D eigenvalue weighted by atomic mass is 9.86. The maximum atomic E-state index is 12.8. The molecule has 0 spiro atoms. The standard InChI is InChI=1S/C18H21N3O4/c1-3-13-20-15(18(23)24-4-2)17(25-13)21-16(22)12-9-5-7-11-8-6-10-19-14(11)12/h6,8,10,12H,3-5,7,9H2,1-2H3,(H,21,22). The summed E-state index contributed by atoms with van der Waals surface area (Å²) in [5.41, 5.74) is 1.88. The summed E-state index contributed by atoms with van der Waals surface area (Å²) >= 11 is 0. The topological polar surface area (TPSA) is 94.3 Å². The van der Waals surface area contributed by atoms with Crippen molar-refractivity contribution < 1.29 is 18.7 Å². The SMILES string of the molecule is CCOC(=O)c1nc(CC)oc1NC(=O)C1CCCc2cccnc21. The molecule has 7 nitrogen and oxygen atoms in total. The highest BCUT2D eigenvalue weighted by atomic mass is 16.5. The molecule has 3 rings (SSSR count). The monoisotopic (exact) mass is 343 g/mol. The van der Waals surface area contributed by atoms with Crippen LogP contribution in [-0.2, 0) is 22.4 Å². The third-order valence-electron chi connectivity index (χ3n) is 4.19. The van der Waals surface area contributed by atoms with Crippen molar-refractivity contribution in [1.82, 2.24) is 9.97 Å². The minimum atomic E-state index is -0.608. The first-order chi connectivity index (χ1) is 12.1. The number of oxazole rings is 1. The Labute approximate surface area is 145 Å². The van der Waals surface area contributed by atoms with Gasteiger partial charge in [-0.2, -0.15) is 0 Å². The molecule has 1 unspecified atom stereocenters. The van der Waals surface area contributed by atoms with Gasteiger partial charge in [-0.05, 0) is 37.8 Å². The van der Waals surface area contributed by atoms with Gasteiger partial charge in [-0.3, -0.25) is 15.1 Å². The highest BCUT2D eigenvalue weighted by Crippen LogP contribution is 2.31. The molecule has 0 radical (unpaired) electrons. The Morgan fingerprint density at radius 3 is 3.00 bits per heavy atom. The first-order valence-electron chi connectivity index (χ1n) is 8.55. The quantitative estimate of drug-likeness (QED) is 0.839. The van der Waals surface area contributed by atoms with E-state index in [0.29, 0.717) is 18.7 Å². The summed E-state index contributed by atoms with van der Waals surface area (Å²) < 4.78 is 10.5. The van der Waals surface area contributed by atoms with Gasteiger partial charge in [0.25, 0.3) is 0 Å². The van der Waals surface area contributed by atoms with Crippen molar-refractivity contribution in [3.8, 4) is 0 Å².